The third kappa shape index (κ3) is 4.14. The van der Waals surface area contributed by atoms with Gasteiger partial charge in [0.05, 0.1) is 32.1 Å². The molecule has 0 saturated heterocycles. The molecule has 0 bridgehead atoms. The number of aryl methyl sites for hydroxylation is 1. The molecular weight excluding hydrogens is 444 g/mol. The highest BCUT2D eigenvalue weighted by molar-refractivity contribution is 6.30. The van der Waals surface area contributed by atoms with E-state index in [9.17, 15) is 9.59 Å². The second kappa shape index (κ2) is 8.78. The predicted octanol–water partition coefficient (Wildman–Crippen LogP) is 3.60. The Morgan fingerprint density at radius 1 is 1.15 bits per heavy atom. The number of halogens is 1. The maximum atomic E-state index is 13.7. The first-order valence-corrected chi connectivity index (χ1v) is 10.8. The van der Waals surface area contributed by atoms with Gasteiger partial charge in [0, 0.05) is 17.6 Å². The van der Waals surface area contributed by atoms with Gasteiger partial charge in [-0.2, -0.15) is 5.10 Å². The highest BCUT2D eigenvalue weighted by Crippen LogP contribution is 2.39. The van der Waals surface area contributed by atoms with E-state index in [2.05, 4.69) is 10.4 Å². The van der Waals surface area contributed by atoms with Gasteiger partial charge >= 0.3 is 0 Å². The van der Waals surface area contributed by atoms with E-state index < -0.39 is 5.54 Å². The van der Waals surface area contributed by atoms with Crippen molar-refractivity contribution in [2.24, 2.45) is 0 Å². The molecule has 2 aromatic carbocycles. The SMILES string of the molecule is COc1ccc(N2C(=O)c3cc(C)nn3CC2(C)C(=O)NCc2ccc(Cl)cc2)c(OC)c1. The van der Waals surface area contributed by atoms with Gasteiger partial charge in [-0.25, -0.2) is 0 Å². The third-order valence-corrected chi connectivity index (χ3v) is 6.01. The van der Waals surface area contributed by atoms with Crippen molar-refractivity contribution < 1.29 is 19.1 Å². The number of fused-ring (bicyclic) bond motifs is 1. The molecular formula is C24H25ClN4O4. The molecule has 33 heavy (non-hydrogen) atoms. The molecule has 0 radical (unpaired) electrons. The number of hydrogen-bond acceptors (Lipinski definition) is 5. The summed E-state index contributed by atoms with van der Waals surface area (Å²) in [6, 6.07) is 14.1. The van der Waals surface area contributed by atoms with Crippen molar-refractivity contribution in [1.29, 1.82) is 0 Å². The van der Waals surface area contributed by atoms with Gasteiger partial charge in [0.2, 0.25) is 5.91 Å². The summed E-state index contributed by atoms with van der Waals surface area (Å²) >= 11 is 5.96. The maximum absolute atomic E-state index is 13.7. The molecule has 0 spiro atoms. The Hall–Kier alpha value is -3.52. The maximum Gasteiger partial charge on any atom is 0.277 e. The number of nitrogens with one attached hydrogen (secondary N) is 1. The molecule has 1 aliphatic heterocycles. The lowest BCUT2D eigenvalue weighted by Crippen LogP contribution is -2.64. The molecule has 2 amide bonds. The number of hydrogen-bond donors (Lipinski definition) is 1. The molecule has 9 heteroatoms. The van der Waals surface area contributed by atoms with Gasteiger partial charge in [0.15, 0.2) is 0 Å². The summed E-state index contributed by atoms with van der Waals surface area (Å²) in [5.41, 5.74) is 1.20. The fraction of sp³-hybridized carbons (Fsp3) is 0.292. The Morgan fingerprint density at radius 2 is 1.88 bits per heavy atom. The Kier molecular flexibility index (Phi) is 6.03. The van der Waals surface area contributed by atoms with Crippen LogP contribution in [-0.4, -0.2) is 41.4 Å². The summed E-state index contributed by atoms with van der Waals surface area (Å²) in [6.45, 7) is 4.02. The molecule has 1 N–H and O–H groups in total. The Bertz CT molecular complexity index is 1210. The predicted molar refractivity (Wildman–Crippen MR) is 125 cm³/mol. The van der Waals surface area contributed by atoms with Crippen LogP contribution in [0.15, 0.2) is 48.5 Å². The number of carbonyl (C=O) groups excluding carboxylic acids is 2. The normalized spacial score (nSPS) is 17.5. The van der Waals surface area contributed by atoms with Crippen molar-refractivity contribution >= 4 is 29.1 Å². The van der Waals surface area contributed by atoms with Crippen molar-refractivity contribution in [2.75, 3.05) is 19.1 Å². The van der Waals surface area contributed by atoms with Gasteiger partial charge in [-0.3, -0.25) is 19.2 Å². The lowest BCUT2D eigenvalue weighted by molar-refractivity contribution is -0.126. The quantitative estimate of drug-likeness (QED) is 0.597. The fourth-order valence-electron chi connectivity index (χ4n) is 4.03. The van der Waals surface area contributed by atoms with Gasteiger partial charge in [-0.1, -0.05) is 23.7 Å². The van der Waals surface area contributed by atoms with E-state index in [1.807, 2.05) is 19.1 Å². The van der Waals surface area contributed by atoms with Gasteiger partial charge in [-0.15, -0.1) is 0 Å². The number of methoxy groups -OCH3 is 2. The van der Waals surface area contributed by atoms with E-state index in [0.29, 0.717) is 40.1 Å². The number of rotatable bonds is 6. The van der Waals surface area contributed by atoms with Crippen LogP contribution in [0.3, 0.4) is 0 Å². The monoisotopic (exact) mass is 468 g/mol. The van der Waals surface area contributed by atoms with Crippen LogP contribution in [0, 0.1) is 6.92 Å². The van der Waals surface area contributed by atoms with Crippen LogP contribution >= 0.6 is 11.6 Å². The number of nitrogens with zero attached hydrogens (tertiary/aromatic N) is 3. The zero-order valence-corrected chi connectivity index (χ0v) is 19.6. The van der Waals surface area contributed by atoms with E-state index in [-0.39, 0.29) is 18.4 Å². The van der Waals surface area contributed by atoms with Crippen LogP contribution in [0.5, 0.6) is 11.5 Å². The van der Waals surface area contributed by atoms with Crippen LogP contribution in [-0.2, 0) is 17.9 Å². The fourth-order valence-corrected chi connectivity index (χ4v) is 4.16. The van der Waals surface area contributed by atoms with Gasteiger partial charge in [0.25, 0.3) is 5.91 Å². The molecule has 1 aromatic heterocycles. The van der Waals surface area contributed by atoms with Crippen LogP contribution in [0.4, 0.5) is 5.69 Å². The summed E-state index contributed by atoms with van der Waals surface area (Å²) in [7, 11) is 3.06. The molecule has 1 aliphatic rings. The van der Waals surface area contributed by atoms with Crippen LogP contribution in [0.25, 0.3) is 0 Å². The lowest BCUT2D eigenvalue weighted by Gasteiger charge is -2.43. The molecule has 4 rings (SSSR count). The third-order valence-electron chi connectivity index (χ3n) is 5.76. The number of amides is 2. The smallest absolute Gasteiger partial charge is 0.277 e. The number of benzene rings is 2. The molecule has 0 saturated carbocycles. The lowest BCUT2D eigenvalue weighted by atomic mass is 9.93. The van der Waals surface area contributed by atoms with E-state index in [4.69, 9.17) is 21.1 Å². The topological polar surface area (TPSA) is 85.7 Å². The average molecular weight is 469 g/mol. The van der Waals surface area contributed by atoms with Crippen LogP contribution in [0.2, 0.25) is 5.02 Å². The number of carbonyl (C=O) groups is 2. The van der Waals surface area contributed by atoms with Crippen LogP contribution < -0.4 is 19.7 Å². The van der Waals surface area contributed by atoms with Crippen LogP contribution in [0.1, 0.15) is 28.7 Å². The van der Waals surface area contributed by atoms with Crippen molar-refractivity contribution in [3.8, 4) is 11.5 Å². The Labute approximate surface area is 197 Å². The number of aromatic nitrogens is 2. The van der Waals surface area contributed by atoms with E-state index >= 15 is 0 Å². The van der Waals surface area contributed by atoms with Crippen molar-refractivity contribution in [3.63, 3.8) is 0 Å². The number of ether oxygens (including phenoxy) is 2. The zero-order chi connectivity index (χ0) is 23.8. The molecule has 2 heterocycles. The second-order valence-corrected chi connectivity index (χ2v) is 8.53. The van der Waals surface area contributed by atoms with Gasteiger partial charge in [0.1, 0.15) is 22.7 Å². The Morgan fingerprint density at radius 3 is 2.55 bits per heavy atom. The molecule has 172 valence electrons. The minimum atomic E-state index is -1.27. The van der Waals surface area contributed by atoms with E-state index in [0.717, 1.165) is 5.56 Å². The molecule has 8 nitrogen and oxygen atoms in total. The molecule has 0 fully saturated rings. The average Bonchev–Trinajstić information content (AvgIpc) is 3.18. The Balaban J connectivity index is 1.75. The minimum absolute atomic E-state index is 0.184. The first kappa shape index (κ1) is 22.7. The molecule has 0 aliphatic carbocycles. The summed E-state index contributed by atoms with van der Waals surface area (Å²) in [6.07, 6.45) is 0. The molecule has 1 atom stereocenters. The second-order valence-electron chi connectivity index (χ2n) is 8.09. The van der Waals surface area contributed by atoms with Gasteiger partial charge in [-0.05, 0) is 49.7 Å². The largest absolute Gasteiger partial charge is 0.497 e. The number of anilines is 1. The van der Waals surface area contributed by atoms with Crippen molar-refractivity contribution in [3.05, 3.63) is 70.5 Å². The van der Waals surface area contributed by atoms with Gasteiger partial charge < -0.3 is 14.8 Å². The standard InChI is InChI=1S/C24H25ClN4O4/c1-15-11-20-22(30)29(19-10-9-18(32-3)12-21(19)33-4)24(2,14-28(20)27-15)23(31)26-13-16-5-7-17(25)8-6-16/h5-12H,13-14H2,1-4H3,(H,26,31). The van der Waals surface area contributed by atoms with Crippen molar-refractivity contribution in [1.82, 2.24) is 15.1 Å². The first-order chi connectivity index (χ1) is 15.8. The minimum Gasteiger partial charge on any atom is -0.497 e. The van der Waals surface area contributed by atoms with E-state index in [1.165, 1.54) is 12.0 Å². The summed E-state index contributed by atoms with van der Waals surface area (Å²) in [5, 5.41) is 8.01. The molecule has 1 unspecified atom stereocenters. The summed E-state index contributed by atoms with van der Waals surface area (Å²) in [4.78, 5) is 28.7. The summed E-state index contributed by atoms with van der Waals surface area (Å²) < 4.78 is 12.4. The molecule has 3 aromatic rings. The summed E-state index contributed by atoms with van der Waals surface area (Å²) in [5.74, 6) is 0.343. The zero-order valence-electron chi connectivity index (χ0n) is 18.9. The van der Waals surface area contributed by atoms with Crippen molar-refractivity contribution in [2.45, 2.75) is 32.5 Å². The highest BCUT2D eigenvalue weighted by Gasteiger charge is 2.49. The first-order valence-electron chi connectivity index (χ1n) is 10.4. The highest BCUT2D eigenvalue weighted by atomic mass is 35.5. The van der Waals surface area contributed by atoms with E-state index in [1.54, 1.807) is 55.1 Å².